The second kappa shape index (κ2) is 5.49. The van der Waals surface area contributed by atoms with Crippen LogP contribution in [0.1, 0.15) is 0 Å². The van der Waals surface area contributed by atoms with Crippen LogP contribution < -0.4 is 4.74 Å². The van der Waals surface area contributed by atoms with E-state index in [9.17, 15) is 8.42 Å². The van der Waals surface area contributed by atoms with Gasteiger partial charge in [-0.1, -0.05) is 17.7 Å². The molecule has 0 radical (unpaired) electrons. The van der Waals surface area contributed by atoms with Crippen molar-refractivity contribution >= 4 is 21.7 Å². The predicted molar refractivity (Wildman–Crippen MR) is 58.6 cm³/mol. The Kier molecular flexibility index (Phi) is 4.55. The molecule has 90 valence electrons. The van der Waals surface area contributed by atoms with Gasteiger partial charge in [0.05, 0.1) is 11.6 Å². The highest BCUT2D eigenvalue weighted by molar-refractivity contribution is 7.86. The quantitative estimate of drug-likeness (QED) is 0.647. The third-order valence-electron chi connectivity index (χ3n) is 1.74. The number of rotatable bonds is 5. The first-order valence-electron chi connectivity index (χ1n) is 4.34. The SMILES string of the molecule is COCCOc1c(Cl)cccc1S(=O)(=O)O. The minimum absolute atomic E-state index is 0.0660. The van der Waals surface area contributed by atoms with Crippen LogP contribution in [-0.4, -0.2) is 33.3 Å². The minimum Gasteiger partial charge on any atom is -0.488 e. The summed E-state index contributed by atoms with van der Waals surface area (Å²) in [7, 11) is -2.86. The largest absolute Gasteiger partial charge is 0.488 e. The fourth-order valence-corrected chi connectivity index (χ4v) is 2.00. The fraction of sp³-hybridized carbons (Fsp3) is 0.333. The van der Waals surface area contributed by atoms with E-state index in [0.29, 0.717) is 0 Å². The van der Waals surface area contributed by atoms with Gasteiger partial charge in [-0.15, -0.1) is 0 Å². The lowest BCUT2D eigenvalue weighted by Crippen LogP contribution is -2.08. The van der Waals surface area contributed by atoms with E-state index in [-0.39, 0.29) is 28.9 Å². The fourth-order valence-electron chi connectivity index (χ4n) is 1.06. The van der Waals surface area contributed by atoms with Crippen LogP contribution in [-0.2, 0) is 14.9 Å². The van der Waals surface area contributed by atoms with Crippen molar-refractivity contribution in [2.75, 3.05) is 20.3 Å². The maximum atomic E-state index is 11.0. The first-order chi connectivity index (χ1) is 7.46. The lowest BCUT2D eigenvalue weighted by Gasteiger charge is -2.10. The molecule has 0 unspecified atom stereocenters. The van der Waals surface area contributed by atoms with Gasteiger partial charge in [0, 0.05) is 7.11 Å². The smallest absolute Gasteiger partial charge is 0.298 e. The Morgan fingerprint density at radius 3 is 2.62 bits per heavy atom. The van der Waals surface area contributed by atoms with Gasteiger partial charge in [-0.3, -0.25) is 4.55 Å². The molecule has 5 nitrogen and oxygen atoms in total. The van der Waals surface area contributed by atoms with Crippen LogP contribution in [0, 0.1) is 0 Å². The number of hydrogen-bond donors (Lipinski definition) is 1. The van der Waals surface area contributed by atoms with Crippen LogP contribution in [0.2, 0.25) is 5.02 Å². The number of benzene rings is 1. The lowest BCUT2D eigenvalue weighted by atomic mass is 10.3. The number of hydrogen-bond acceptors (Lipinski definition) is 4. The summed E-state index contributed by atoms with van der Waals surface area (Å²) >= 11 is 5.77. The van der Waals surface area contributed by atoms with E-state index in [1.54, 1.807) is 0 Å². The zero-order valence-corrected chi connectivity index (χ0v) is 10.1. The van der Waals surface area contributed by atoms with Crippen molar-refractivity contribution in [2.24, 2.45) is 0 Å². The van der Waals surface area contributed by atoms with Gasteiger partial charge in [0.1, 0.15) is 11.5 Å². The zero-order valence-electron chi connectivity index (χ0n) is 8.51. The highest BCUT2D eigenvalue weighted by Crippen LogP contribution is 2.31. The van der Waals surface area contributed by atoms with E-state index in [2.05, 4.69) is 0 Å². The van der Waals surface area contributed by atoms with Crippen molar-refractivity contribution in [3.05, 3.63) is 23.2 Å². The van der Waals surface area contributed by atoms with Crippen LogP contribution in [0.15, 0.2) is 23.1 Å². The Morgan fingerprint density at radius 2 is 2.06 bits per heavy atom. The van der Waals surface area contributed by atoms with Gasteiger partial charge in [-0.05, 0) is 12.1 Å². The molecule has 1 N–H and O–H groups in total. The number of methoxy groups -OCH3 is 1. The number of para-hydroxylation sites is 1. The first kappa shape index (κ1) is 13.2. The Labute approximate surface area is 98.7 Å². The summed E-state index contributed by atoms with van der Waals surface area (Å²) in [6, 6.07) is 4.09. The van der Waals surface area contributed by atoms with Crippen molar-refractivity contribution < 1.29 is 22.4 Å². The van der Waals surface area contributed by atoms with E-state index in [1.165, 1.54) is 25.3 Å². The van der Waals surface area contributed by atoms with Gasteiger partial charge in [0.25, 0.3) is 10.1 Å². The summed E-state index contributed by atoms with van der Waals surface area (Å²) < 4.78 is 40.9. The zero-order chi connectivity index (χ0) is 12.2. The molecule has 0 amide bonds. The molecule has 0 aliphatic carbocycles. The highest BCUT2D eigenvalue weighted by atomic mass is 35.5. The topological polar surface area (TPSA) is 72.8 Å². The van der Waals surface area contributed by atoms with E-state index < -0.39 is 10.1 Å². The lowest BCUT2D eigenvalue weighted by molar-refractivity contribution is 0.144. The van der Waals surface area contributed by atoms with E-state index in [4.69, 9.17) is 25.6 Å². The summed E-state index contributed by atoms with van der Waals surface area (Å²) in [4.78, 5) is -0.351. The molecule has 0 spiro atoms. The average Bonchev–Trinajstić information content (AvgIpc) is 2.19. The van der Waals surface area contributed by atoms with Gasteiger partial charge in [0.2, 0.25) is 0 Å². The summed E-state index contributed by atoms with van der Waals surface area (Å²) in [5, 5.41) is 0.117. The van der Waals surface area contributed by atoms with Crippen LogP contribution in [0.5, 0.6) is 5.75 Å². The van der Waals surface area contributed by atoms with Gasteiger partial charge in [0.15, 0.2) is 5.75 Å². The third kappa shape index (κ3) is 3.34. The maximum Gasteiger partial charge on any atom is 0.298 e. The third-order valence-corrected chi connectivity index (χ3v) is 2.92. The molecule has 0 atom stereocenters. The Hall–Kier alpha value is -0.820. The summed E-state index contributed by atoms with van der Waals surface area (Å²) in [6.45, 7) is 0.429. The standard InChI is InChI=1S/C9H11ClO5S/c1-14-5-6-15-9-7(10)3-2-4-8(9)16(11,12)13/h2-4H,5-6H2,1H3,(H,11,12,13). The first-order valence-corrected chi connectivity index (χ1v) is 6.16. The van der Waals surface area contributed by atoms with Gasteiger partial charge in [-0.2, -0.15) is 8.42 Å². The molecular weight excluding hydrogens is 256 g/mol. The average molecular weight is 267 g/mol. The Bertz CT molecular complexity index is 457. The molecule has 0 aromatic heterocycles. The Morgan fingerprint density at radius 1 is 1.38 bits per heavy atom. The van der Waals surface area contributed by atoms with Crippen LogP contribution in [0.25, 0.3) is 0 Å². The van der Waals surface area contributed by atoms with E-state index in [1.807, 2.05) is 0 Å². The van der Waals surface area contributed by atoms with Crippen LogP contribution in [0.3, 0.4) is 0 Å². The van der Waals surface area contributed by atoms with Crippen molar-refractivity contribution in [2.45, 2.75) is 4.90 Å². The molecule has 0 saturated carbocycles. The molecule has 1 aromatic carbocycles. The molecule has 1 rings (SSSR count). The Balaban J connectivity index is 3.05. The minimum atomic E-state index is -4.34. The molecule has 16 heavy (non-hydrogen) atoms. The van der Waals surface area contributed by atoms with Crippen LogP contribution in [0.4, 0.5) is 0 Å². The number of ether oxygens (including phenoxy) is 2. The molecule has 7 heteroatoms. The second-order valence-corrected chi connectivity index (χ2v) is 4.68. The van der Waals surface area contributed by atoms with Crippen molar-refractivity contribution in [3.8, 4) is 5.75 Å². The molecular formula is C9H11ClO5S. The monoisotopic (exact) mass is 266 g/mol. The van der Waals surface area contributed by atoms with Crippen LogP contribution >= 0.6 is 11.6 Å². The molecule has 0 aliphatic heterocycles. The highest BCUT2D eigenvalue weighted by Gasteiger charge is 2.18. The van der Waals surface area contributed by atoms with Gasteiger partial charge >= 0.3 is 0 Å². The van der Waals surface area contributed by atoms with Crippen molar-refractivity contribution in [1.82, 2.24) is 0 Å². The molecule has 0 fully saturated rings. The second-order valence-electron chi connectivity index (χ2n) is 2.88. The summed E-state index contributed by atoms with van der Waals surface area (Å²) in [6.07, 6.45) is 0. The van der Waals surface area contributed by atoms with Gasteiger partial charge < -0.3 is 9.47 Å². The molecule has 0 bridgehead atoms. The van der Waals surface area contributed by atoms with Gasteiger partial charge in [-0.25, -0.2) is 0 Å². The summed E-state index contributed by atoms with van der Waals surface area (Å²) in [5.74, 6) is -0.0660. The van der Waals surface area contributed by atoms with Crippen molar-refractivity contribution in [1.29, 1.82) is 0 Å². The summed E-state index contributed by atoms with van der Waals surface area (Å²) in [5.41, 5.74) is 0. The molecule has 0 aliphatic rings. The van der Waals surface area contributed by atoms with E-state index in [0.717, 1.165) is 0 Å². The maximum absolute atomic E-state index is 11.0. The predicted octanol–water partition coefficient (Wildman–Crippen LogP) is 1.61. The molecule has 0 saturated heterocycles. The molecule has 0 heterocycles. The van der Waals surface area contributed by atoms with Crippen molar-refractivity contribution in [3.63, 3.8) is 0 Å². The number of halogens is 1. The van der Waals surface area contributed by atoms with E-state index >= 15 is 0 Å². The normalized spacial score (nSPS) is 11.4. The molecule has 1 aromatic rings.